The van der Waals surface area contributed by atoms with Crippen molar-refractivity contribution in [3.63, 3.8) is 0 Å². The van der Waals surface area contributed by atoms with Crippen LogP contribution in [0.1, 0.15) is 13.1 Å². The summed E-state index contributed by atoms with van der Waals surface area (Å²) < 4.78 is 12.2. The lowest BCUT2D eigenvalue weighted by Gasteiger charge is -2.07. The smallest absolute Gasteiger partial charge is 0.269 e. The molecule has 1 aliphatic rings. The second kappa shape index (κ2) is 4.34. The van der Waals surface area contributed by atoms with Gasteiger partial charge in [-0.2, -0.15) is 10.1 Å². The standard InChI is InChI=1S/C12H13N5O2/c1-7-14-15-12-13-11(16-17(7)12)9-5-4-8(18-2)6-10(9)19-3/h4-7H,1-3H3. The quantitative estimate of drug-likeness (QED) is 0.849. The van der Waals surface area contributed by atoms with Gasteiger partial charge in [0.15, 0.2) is 12.0 Å². The summed E-state index contributed by atoms with van der Waals surface area (Å²) in [5.74, 6) is 2.47. The summed E-state index contributed by atoms with van der Waals surface area (Å²) in [6.45, 7) is 1.91. The van der Waals surface area contributed by atoms with Crippen molar-refractivity contribution in [1.29, 1.82) is 0 Å². The third-order valence-electron chi connectivity index (χ3n) is 2.93. The highest BCUT2D eigenvalue weighted by atomic mass is 16.5. The van der Waals surface area contributed by atoms with E-state index >= 15 is 0 Å². The zero-order chi connectivity index (χ0) is 13.4. The average molecular weight is 259 g/mol. The van der Waals surface area contributed by atoms with Crippen LogP contribution in [0.2, 0.25) is 0 Å². The molecule has 2 heterocycles. The number of ether oxygens (including phenoxy) is 2. The second-order valence-electron chi connectivity index (χ2n) is 4.09. The van der Waals surface area contributed by atoms with Crippen molar-refractivity contribution in [2.45, 2.75) is 13.1 Å². The van der Waals surface area contributed by atoms with Gasteiger partial charge in [-0.1, -0.05) is 0 Å². The summed E-state index contributed by atoms with van der Waals surface area (Å²) in [4.78, 5) is 4.35. The van der Waals surface area contributed by atoms with Crippen molar-refractivity contribution < 1.29 is 9.47 Å². The molecule has 0 bridgehead atoms. The first-order valence-corrected chi connectivity index (χ1v) is 5.82. The number of methoxy groups -OCH3 is 2. The molecular formula is C12H13N5O2. The minimum Gasteiger partial charge on any atom is -0.497 e. The zero-order valence-electron chi connectivity index (χ0n) is 10.9. The van der Waals surface area contributed by atoms with Crippen LogP contribution in [0, 0.1) is 0 Å². The number of nitrogens with zero attached hydrogens (tertiary/aromatic N) is 5. The topological polar surface area (TPSA) is 73.9 Å². The molecule has 0 spiro atoms. The summed E-state index contributed by atoms with van der Waals surface area (Å²) in [6.07, 6.45) is -0.111. The summed E-state index contributed by atoms with van der Waals surface area (Å²) in [5.41, 5.74) is 0.799. The normalized spacial score (nSPS) is 16.5. The van der Waals surface area contributed by atoms with E-state index in [1.807, 2.05) is 19.1 Å². The lowest BCUT2D eigenvalue weighted by molar-refractivity contribution is 0.395. The summed E-state index contributed by atoms with van der Waals surface area (Å²) in [6, 6.07) is 5.51. The van der Waals surface area contributed by atoms with Gasteiger partial charge in [-0.3, -0.25) is 0 Å². The van der Waals surface area contributed by atoms with Crippen molar-refractivity contribution in [1.82, 2.24) is 14.8 Å². The molecule has 0 saturated carbocycles. The molecule has 3 rings (SSSR count). The van der Waals surface area contributed by atoms with Gasteiger partial charge < -0.3 is 9.47 Å². The Morgan fingerprint density at radius 2 is 2.05 bits per heavy atom. The van der Waals surface area contributed by atoms with E-state index in [-0.39, 0.29) is 6.17 Å². The highest BCUT2D eigenvalue weighted by Crippen LogP contribution is 2.34. The third-order valence-corrected chi connectivity index (χ3v) is 2.93. The first-order valence-electron chi connectivity index (χ1n) is 5.82. The van der Waals surface area contributed by atoms with Crippen LogP contribution >= 0.6 is 0 Å². The Hall–Kier alpha value is -2.44. The van der Waals surface area contributed by atoms with E-state index in [1.54, 1.807) is 25.0 Å². The van der Waals surface area contributed by atoms with Crippen molar-refractivity contribution in [3.05, 3.63) is 18.2 Å². The molecule has 0 fully saturated rings. The van der Waals surface area contributed by atoms with Gasteiger partial charge in [0.25, 0.3) is 5.95 Å². The molecule has 19 heavy (non-hydrogen) atoms. The molecule has 98 valence electrons. The zero-order valence-corrected chi connectivity index (χ0v) is 10.9. The predicted molar refractivity (Wildman–Crippen MR) is 67.8 cm³/mol. The molecule has 7 nitrogen and oxygen atoms in total. The Balaban J connectivity index is 2.07. The van der Waals surface area contributed by atoms with Gasteiger partial charge in [-0.15, -0.1) is 10.2 Å². The van der Waals surface area contributed by atoms with E-state index in [0.717, 1.165) is 11.3 Å². The number of azo groups is 1. The van der Waals surface area contributed by atoms with E-state index in [2.05, 4.69) is 20.3 Å². The van der Waals surface area contributed by atoms with Gasteiger partial charge in [0.2, 0.25) is 0 Å². The molecule has 7 heteroatoms. The lowest BCUT2D eigenvalue weighted by Crippen LogP contribution is -1.99. The van der Waals surface area contributed by atoms with Crippen LogP contribution in [-0.4, -0.2) is 29.0 Å². The largest absolute Gasteiger partial charge is 0.497 e. The Morgan fingerprint density at radius 3 is 2.74 bits per heavy atom. The maximum absolute atomic E-state index is 5.35. The number of benzene rings is 1. The van der Waals surface area contributed by atoms with Crippen molar-refractivity contribution in [3.8, 4) is 22.9 Å². The fraction of sp³-hybridized carbons (Fsp3) is 0.333. The van der Waals surface area contributed by atoms with E-state index in [0.29, 0.717) is 17.5 Å². The molecule has 1 aromatic carbocycles. The van der Waals surface area contributed by atoms with Crippen LogP contribution in [-0.2, 0) is 0 Å². The van der Waals surface area contributed by atoms with Crippen molar-refractivity contribution in [2.75, 3.05) is 14.2 Å². The summed E-state index contributed by atoms with van der Waals surface area (Å²) in [7, 11) is 3.21. The van der Waals surface area contributed by atoms with Crippen molar-refractivity contribution >= 4 is 5.95 Å². The van der Waals surface area contributed by atoms with E-state index < -0.39 is 0 Å². The number of fused-ring (bicyclic) bond motifs is 1. The molecule has 0 radical (unpaired) electrons. The minimum atomic E-state index is -0.111. The van der Waals surface area contributed by atoms with Gasteiger partial charge in [0, 0.05) is 6.07 Å². The fourth-order valence-electron chi connectivity index (χ4n) is 1.92. The number of hydrogen-bond acceptors (Lipinski definition) is 6. The number of rotatable bonds is 3. The highest BCUT2D eigenvalue weighted by molar-refractivity contribution is 5.66. The van der Waals surface area contributed by atoms with Crippen LogP contribution in [0.15, 0.2) is 28.4 Å². The fourth-order valence-corrected chi connectivity index (χ4v) is 1.92. The Morgan fingerprint density at radius 1 is 1.21 bits per heavy atom. The maximum Gasteiger partial charge on any atom is 0.269 e. The van der Waals surface area contributed by atoms with Crippen molar-refractivity contribution in [2.24, 2.45) is 10.2 Å². The third kappa shape index (κ3) is 1.83. The molecule has 0 N–H and O–H groups in total. The maximum atomic E-state index is 5.35. The van der Waals surface area contributed by atoms with E-state index in [9.17, 15) is 0 Å². The summed E-state index contributed by atoms with van der Waals surface area (Å²) >= 11 is 0. The van der Waals surface area contributed by atoms with Crippen LogP contribution in [0.4, 0.5) is 5.95 Å². The molecule has 1 aromatic heterocycles. The Bertz CT molecular complexity index is 650. The molecule has 1 aliphatic heterocycles. The van der Waals surface area contributed by atoms with Gasteiger partial charge in [-0.25, -0.2) is 4.68 Å². The molecule has 1 unspecified atom stereocenters. The van der Waals surface area contributed by atoms with E-state index in [4.69, 9.17) is 9.47 Å². The van der Waals surface area contributed by atoms with Gasteiger partial charge in [-0.05, 0) is 19.1 Å². The first-order chi connectivity index (χ1) is 9.22. The molecule has 1 atom stereocenters. The predicted octanol–water partition coefficient (Wildman–Crippen LogP) is 2.58. The van der Waals surface area contributed by atoms with Gasteiger partial charge in [0.1, 0.15) is 11.5 Å². The van der Waals surface area contributed by atoms with Crippen LogP contribution in [0.25, 0.3) is 11.4 Å². The highest BCUT2D eigenvalue weighted by Gasteiger charge is 2.22. The molecule has 0 amide bonds. The number of aromatic nitrogens is 3. The average Bonchev–Trinajstić information content (AvgIpc) is 3.00. The molecular weight excluding hydrogens is 246 g/mol. The van der Waals surface area contributed by atoms with Gasteiger partial charge >= 0.3 is 0 Å². The van der Waals surface area contributed by atoms with Crippen LogP contribution in [0.3, 0.4) is 0 Å². The second-order valence-corrected chi connectivity index (χ2v) is 4.09. The molecule has 0 saturated heterocycles. The molecule has 0 aliphatic carbocycles. The monoisotopic (exact) mass is 259 g/mol. The van der Waals surface area contributed by atoms with Crippen LogP contribution in [0.5, 0.6) is 11.5 Å². The Kier molecular flexibility index (Phi) is 2.66. The Labute approximate surface area is 109 Å². The van der Waals surface area contributed by atoms with Crippen LogP contribution < -0.4 is 9.47 Å². The lowest BCUT2D eigenvalue weighted by atomic mass is 10.2. The van der Waals surface area contributed by atoms with Gasteiger partial charge in [0.05, 0.1) is 19.8 Å². The number of hydrogen-bond donors (Lipinski definition) is 0. The minimum absolute atomic E-state index is 0.111. The first kappa shape index (κ1) is 11.6. The summed E-state index contributed by atoms with van der Waals surface area (Å²) in [5, 5.41) is 12.3. The SMILES string of the molecule is COc1ccc(-c2nc3n(n2)C(C)N=N3)c(OC)c1. The molecule has 2 aromatic rings. The van der Waals surface area contributed by atoms with E-state index in [1.165, 1.54) is 0 Å².